The molecule has 1 amide bonds. The highest BCUT2D eigenvalue weighted by molar-refractivity contribution is 6.60. The van der Waals surface area contributed by atoms with Gasteiger partial charge in [-0.05, 0) is 19.9 Å². The molecule has 0 unspecified atom stereocenters. The van der Waals surface area contributed by atoms with Gasteiger partial charge in [0.05, 0.1) is 0 Å². The van der Waals surface area contributed by atoms with Crippen molar-refractivity contribution < 1.29 is 18.1 Å². The maximum atomic E-state index is 11.2. The Morgan fingerprint density at radius 1 is 1.31 bits per heavy atom. The van der Waals surface area contributed by atoms with Crippen LogP contribution < -0.4 is 5.32 Å². The van der Waals surface area contributed by atoms with Crippen molar-refractivity contribution in [3.8, 4) is 0 Å². The number of carbonyl (C=O) groups excluding carboxylic acids is 1. The van der Waals surface area contributed by atoms with Gasteiger partial charge in [-0.1, -0.05) is 6.58 Å². The Kier molecular flexibility index (Phi) is 5.88. The average molecular weight is 247 g/mol. The number of hydrogen-bond donors (Lipinski definition) is 1. The molecule has 0 aliphatic heterocycles. The summed E-state index contributed by atoms with van der Waals surface area (Å²) in [6.07, 6.45) is 1.23. The number of amides is 1. The standard InChI is InChI=1S/C10H21NO4Si/c1-7-9(12)11-10(2,3)8-16(13-4,14-5)15-6/h7H,1,8H2,2-6H3,(H,11,12). The molecule has 0 aliphatic carbocycles. The monoisotopic (exact) mass is 247 g/mol. The van der Waals surface area contributed by atoms with Crippen LogP contribution in [0.25, 0.3) is 0 Å². The van der Waals surface area contributed by atoms with E-state index in [1.807, 2.05) is 13.8 Å². The van der Waals surface area contributed by atoms with Gasteiger partial charge in [0, 0.05) is 32.9 Å². The van der Waals surface area contributed by atoms with Gasteiger partial charge in [-0.15, -0.1) is 0 Å². The van der Waals surface area contributed by atoms with Crippen molar-refractivity contribution in [2.75, 3.05) is 21.3 Å². The summed E-state index contributed by atoms with van der Waals surface area (Å²) in [5, 5.41) is 2.80. The molecule has 94 valence electrons. The van der Waals surface area contributed by atoms with Crippen LogP contribution in [0, 0.1) is 0 Å². The van der Waals surface area contributed by atoms with Crippen LogP contribution in [-0.2, 0) is 18.1 Å². The fraction of sp³-hybridized carbons (Fsp3) is 0.700. The van der Waals surface area contributed by atoms with Gasteiger partial charge in [-0.2, -0.15) is 0 Å². The largest absolute Gasteiger partial charge is 0.502 e. The van der Waals surface area contributed by atoms with Gasteiger partial charge in [0.1, 0.15) is 0 Å². The summed E-state index contributed by atoms with van der Waals surface area (Å²) in [5.74, 6) is -0.226. The fourth-order valence-electron chi connectivity index (χ4n) is 1.44. The van der Waals surface area contributed by atoms with Gasteiger partial charge in [0.2, 0.25) is 5.91 Å². The third kappa shape index (κ3) is 4.44. The lowest BCUT2D eigenvalue weighted by Gasteiger charge is -2.33. The maximum absolute atomic E-state index is 11.2. The second-order valence-electron chi connectivity index (χ2n) is 4.05. The van der Waals surface area contributed by atoms with Crippen LogP contribution in [0.5, 0.6) is 0 Å². The summed E-state index contributed by atoms with van der Waals surface area (Å²) in [6, 6.07) is 0.489. The average Bonchev–Trinajstić information content (AvgIpc) is 2.25. The van der Waals surface area contributed by atoms with E-state index in [0.29, 0.717) is 6.04 Å². The quantitative estimate of drug-likeness (QED) is 0.537. The van der Waals surface area contributed by atoms with Crippen molar-refractivity contribution in [3.05, 3.63) is 12.7 Å². The molecule has 0 saturated carbocycles. The molecule has 1 N–H and O–H groups in total. The van der Waals surface area contributed by atoms with E-state index in [2.05, 4.69) is 11.9 Å². The Morgan fingerprint density at radius 3 is 2.06 bits per heavy atom. The molecule has 0 aliphatic rings. The topological polar surface area (TPSA) is 56.8 Å². The summed E-state index contributed by atoms with van der Waals surface area (Å²) >= 11 is 0. The lowest BCUT2D eigenvalue weighted by molar-refractivity contribution is -0.117. The molecule has 0 rings (SSSR count). The number of hydrogen-bond acceptors (Lipinski definition) is 4. The number of nitrogens with one attached hydrogen (secondary N) is 1. The van der Waals surface area contributed by atoms with Crippen LogP contribution in [0.1, 0.15) is 13.8 Å². The Balaban J connectivity index is 4.64. The highest BCUT2D eigenvalue weighted by Gasteiger charge is 2.44. The molecule has 0 spiro atoms. The van der Waals surface area contributed by atoms with Gasteiger partial charge < -0.3 is 18.6 Å². The van der Waals surface area contributed by atoms with Crippen LogP contribution >= 0.6 is 0 Å². The minimum Gasteiger partial charge on any atom is -0.377 e. The number of rotatable bonds is 7. The summed E-state index contributed by atoms with van der Waals surface area (Å²) in [7, 11) is 1.96. The second-order valence-corrected chi connectivity index (χ2v) is 6.99. The first-order valence-corrected chi connectivity index (χ1v) is 6.88. The lowest BCUT2D eigenvalue weighted by Crippen LogP contribution is -2.54. The van der Waals surface area contributed by atoms with Crippen LogP contribution in [0.3, 0.4) is 0 Å². The van der Waals surface area contributed by atoms with Crippen LogP contribution in [0.15, 0.2) is 12.7 Å². The second kappa shape index (κ2) is 6.14. The third-order valence-corrected chi connectivity index (χ3v) is 5.42. The highest BCUT2D eigenvalue weighted by Crippen LogP contribution is 2.22. The first kappa shape index (κ1) is 15.3. The van der Waals surface area contributed by atoms with E-state index in [0.717, 1.165) is 0 Å². The molecule has 0 heterocycles. The van der Waals surface area contributed by atoms with E-state index in [9.17, 15) is 4.79 Å². The summed E-state index contributed by atoms with van der Waals surface area (Å²) < 4.78 is 15.9. The normalized spacial score (nSPS) is 12.3. The number of carbonyl (C=O) groups is 1. The first-order valence-electron chi connectivity index (χ1n) is 4.95. The third-order valence-electron chi connectivity index (χ3n) is 2.24. The fourth-order valence-corrected chi connectivity index (χ4v) is 3.54. The molecular formula is C10H21NO4Si. The summed E-state index contributed by atoms with van der Waals surface area (Å²) in [5.41, 5.74) is -0.473. The van der Waals surface area contributed by atoms with E-state index >= 15 is 0 Å². The predicted octanol–water partition coefficient (Wildman–Crippen LogP) is 0.945. The Labute approximate surface area is 98.1 Å². The molecule has 0 radical (unpaired) electrons. The van der Waals surface area contributed by atoms with E-state index in [-0.39, 0.29) is 5.91 Å². The Morgan fingerprint density at radius 2 is 1.75 bits per heavy atom. The lowest BCUT2D eigenvalue weighted by atomic mass is 10.1. The SMILES string of the molecule is C=CC(=O)NC(C)(C)C[Si](OC)(OC)OC. The van der Waals surface area contributed by atoms with E-state index in [1.165, 1.54) is 6.08 Å². The zero-order chi connectivity index (χ0) is 12.8. The van der Waals surface area contributed by atoms with Crippen molar-refractivity contribution in [2.45, 2.75) is 25.4 Å². The minimum atomic E-state index is -2.68. The molecule has 6 heteroatoms. The molecule has 5 nitrogen and oxygen atoms in total. The van der Waals surface area contributed by atoms with E-state index < -0.39 is 14.3 Å². The highest BCUT2D eigenvalue weighted by atomic mass is 28.4. The van der Waals surface area contributed by atoms with Gasteiger partial charge in [0.15, 0.2) is 0 Å². The molecule has 0 bridgehead atoms. The first-order chi connectivity index (χ1) is 7.34. The van der Waals surface area contributed by atoms with Crippen molar-refractivity contribution in [1.29, 1.82) is 0 Å². The van der Waals surface area contributed by atoms with E-state index in [1.54, 1.807) is 21.3 Å². The van der Waals surface area contributed by atoms with E-state index in [4.69, 9.17) is 13.3 Å². The Hall–Kier alpha value is -0.693. The van der Waals surface area contributed by atoms with Crippen LogP contribution in [-0.4, -0.2) is 41.6 Å². The van der Waals surface area contributed by atoms with Gasteiger partial charge in [-0.25, -0.2) is 0 Å². The molecule has 0 aromatic carbocycles. The Bertz CT molecular complexity index is 243. The zero-order valence-electron chi connectivity index (χ0n) is 10.6. The molecule has 0 atom stereocenters. The van der Waals surface area contributed by atoms with Crippen molar-refractivity contribution in [2.24, 2.45) is 0 Å². The molecule has 16 heavy (non-hydrogen) atoms. The molecule has 0 fully saturated rings. The minimum absolute atomic E-state index is 0.226. The van der Waals surface area contributed by atoms with Gasteiger partial charge >= 0.3 is 8.80 Å². The van der Waals surface area contributed by atoms with Crippen molar-refractivity contribution in [1.82, 2.24) is 5.32 Å². The maximum Gasteiger partial charge on any atom is 0.502 e. The smallest absolute Gasteiger partial charge is 0.377 e. The predicted molar refractivity (Wildman–Crippen MR) is 64.0 cm³/mol. The van der Waals surface area contributed by atoms with Crippen molar-refractivity contribution in [3.63, 3.8) is 0 Å². The van der Waals surface area contributed by atoms with Crippen LogP contribution in [0.2, 0.25) is 6.04 Å². The summed E-state index contributed by atoms with van der Waals surface area (Å²) in [4.78, 5) is 11.2. The molecular weight excluding hydrogens is 226 g/mol. The molecule has 0 saturated heterocycles. The van der Waals surface area contributed by atoms with Crippen molar-refractivity contribution >= 4 is 14.7 Å². The summed E-state index contributed by atoms with van der Waals surface area (Å²) in [6.45, 7) is 7.17. The van der Waals surface area contributed by atoms with Gasteiger partial charge in [-0.3, -0.25) is 4.79 Å². The van der Waals surface area contributed by atoms with Crippen LogP contribution in [0.4, 0.5) is 0 Å². The molecule has 0 aromatic heterocycles. The zero-order valence-corrected chi connectivity index (χ0v) is 11.6. The molecule has 0 aromatic rings. The van der Waals surface area contributed by atoms with Gasteiger partial charge in [0.25, 0.3) is 0 Å².